The molecule has 18 heavy (non-hydrogen) atoms. The maximum Gasteiger partial charge on any atom is 0.271 e. The van der Waals surface area contributed by atoms with E-state index in [1.165, 1.54) is 12.4 Å². The van der Waals surface area contributed by atoms with Crippen molar-refractivity contribution in [3.05, 3.63) is 18.1 Å². The number of ether oxygens (including phenoxy) is 1. The first-order valence-corrected chi connectivity index (χ1v) is 5.67. The summed E-state index contributed by atoms with van der Waals surface area (Å²) in [4.78, 5) is 19.8. The van der Waals surface area contributed by atoms with Crippen LogP contribution in [0.15, 0.2) is 12.4 Å². The lowest BCUT2D eigenvalue weighted by molar-refractivity contribution is 0.0861. The summed E-state index contributed by atoms with van der Waals surface area (Å²) in [6.07, 6.45) is 2.77. The molecule has 0 fully saturated rings. The topological polar surface area (TPSA) is 102 Å². The number of carbonyl (C=O) groups excluding carboxylic acids is 1. The van der Waals surface area contributed by atoms with E-state index in [-0.39, 0.29) is 23.6 Å². The molecule has 0 radical (unpaired) electrons. The van der Waals surface area contributed by atoms with Gasteiger partial charge < -0.3 is 15.5 Å². The molecule has 0 saturated heterocycles. The van der Waals surface area contributed by atoms with Crippen LogP contribution in [-0.4, -0.2) is 35.6 Å². The Labute approximate surface area is 106 Å². The molecule has 0 bridgehead atoms. The smallest absolute Gasteiger partial charge is 0.271 e. The first-order valence-electron chi connectivity index (χ1n) is 5.67. The van der Waals surface area contributed by atoms with Gasteiger partial charge in [-0.2, -0.15) is 0 Å². The number of nitrogens with zero attached hydrogens (tertiary/aromatic N) is 2. The monoisotopic (exact) mass is 253 g/mol. The molecular weight excluding hydrogens is 234 g/mol. The third kappa shape index (κ3) is 3.94. The van der Waals surface area contributed by atoms with Crippen molar-refractivity contribution < 1.29 is 9.53 Å². The molecule has 0 aliphatic rings. The molecule has 1 amide bonds. The Morgan fingerprint density at radius 3 is 2.61 bits per heavy atom. The minimum absolute atomic E-state index is 0.0587. The maximum absolute atomic E-state index is 11.9. The number of carbonyl (C=O) groups is 1. The number of hydrogen-bond acceptors (Lipinski definition) is 6. The van der Waals surface area contributed by atoms with E-state index in [2.05, 4.69) is 20.7 Å². The zero-order valence-corrected chi connectivity index (χ0v) is 10.8. The lowest BCUT2D eigenvalue weighted by atomic mass is 10.1. The van der Waals surface area contributed by atoms with Crippen molar-refractivity contribution in [2.45, 2.75) is 19.9 Å². The number of hydrazine groups is 1. The Hall–Kier alpha value is -1.73. The van der Waals surface area contributed by atoms with Crippen molar-refractivity contribution in [1.82, 2.24) is 15.3 Å². The average Bonchev–Trinajstić information content (AvgIpc) is 2.38. The largest absolute Gasteiger partial charge is 0.383 e. The van der Waals surface area contributed by atoms with Crippen LogP contribution in [0.5, 0.6) is 0 Å². The zero-order valence-electron chi connectivity index (χ0n) is 10.8. The lowest BCUT2D eigenvalue weighted by Gasteiger charge is -2.21. The fraction of sp³-hybridized carbons (Fsp3) is 0.545. The number of amides is 1. The van der Waals surface area contributed by atoms with E-state index in [1.807, 2.05) is 13.8 Å². The third-order valence-electron chi connectivity index (χ3n) is 2.50. The molecule has 0 aliphatic heterocycles. The van der Waals surface area contributed by atoms with Crippen LogP contribution in [0, 0.1) is 5.92 Å². The van der Waals surface area contributed by atoms with Crippen LogP contribution < -0.4 is 16.6 Å². The minimum atomic E-state index is -0.276. The maximum atomic E-state index is 11.9. The van der Waals surface area contributed by atoms with E-state index in [0.717, 1.165) is 0 Å². The van der Waals surface area contributed by atoms with Crippen LogP contribution in [0.4, 0.5) is 5.82 Å². The second-order valence-electron chi connectivity index (χ2n) is 4.21. The van der Waals surface area contributed by atoms with Gasteiger partial charge >= 0.3 is 0 Å². The van der Waals surface area contributed by atoms with Gasteiger partial charge in [-0.15, -0.1) is 0 Å². The highest BCUT2D eigenvalue weighted by Gasteiger charge is 2.17. The van der Waals surface area contributed by atoms with Crippen LogP contribution in [-0.2, 0) is 4.74 Å². The number of methoxy groups -OCH3 is 1. The highest BCUT2D eigenvalue weighted by atomic mass is 16.5. The fourth-order valence-corrected chi connectivity index (χ4v) is 1.34. The van der Waals surface area contributed by atoms with E-state index in [9.17, 15) is 4.79 Å². The van der Waals surface area contributed by atoms with Crippen molar-refractivity contribution in [1.29, 1.82) is 0 Å². The van der Waals surface area contributed by atoms with Crippen molar-refractivity contribution in [3.8, 4) is 0 Å². The Bertz CT molecular complexity index is 380. The molecule has 1 heterocycles. The van der Waals surface area contributed by atoms with E-state index >= 15 is 0 Å². The summed E-state index contributed by atoms with van der Waals surface area (Å²) in [5, 5.41) is 2.85. The first kappa shape index (κ1) is 14.3. The number of nitrogens with one attached hydrogen (secondary N) is 2. The fourth-order valence-electron chi connectivity index (χ4n) is 1.34. The van der Waals surface area contributed by atoms with Crippen LogP contribution in [0.25, 0.3) is 0 Å². The predicted octanol–water partition coefficient (Wildman–Crippen LogP) is 0.163. The molecule has 1 aromatic heterocycles. The van der Waals surface area contributed by atoms with Crippen molar-refractivity contribution in [2.75, 3.05) is 19.1 Å². The van der Waals surface area contributed by atoms with Gasteiger partial charge in [0.25, 0.3) is 5.91 Å². The molecule has 100 valence electrons. The molecule has 0 spiro atoms. The molecule has 1 unspecified atom stereocenters. The zero-order chi connectivity index (χ0) is 13.5. The SMILES string of the molecule is COCC(NC(=O)c1cnc(NN)cn1)C(C)C. The van der Waals surface area contributed by atoms with Crippen molar-refractivity contribution in [2.24, 2.45) is 11.8 Å². The van der Waals surface area contributed by atoms with Crippen LogP contribution in [0.3, 0.4) is 0 Å². The summed E-state index contributed by atoms with van der Waals surface area (Å²) >= 11 is 0. The molecule has 0 aliphatic carbocycles. The number of nitrogen functional groups attached to an aromatic ring is 1. The molecule has 1 atom stereocenters. The Morgan fingerprint density at radius 2 is 2.17 bits per heavy atom. The van der Waals surface area contributed by atoms with E-state index < -0.39 is 0 Å². The van der Waals surface area contributed by atoms with E-state index in [4.69, 9.17) is 10.6 Å². The van der Waals surface area contributed by atoms with Gasteiger partial charge in [0, 0.05) is 7.11 Å². The number of nitrogens with two attached hydrogens (primary N) is 1. The molecule has 1 aromatic rings. The summed E-state index contributed by atoms with van der Waals surface area (Å²) in [5.41, 5.74) is 2.59. The van der Waals surface area contributed by atoms with E-state index in [1.54, 1.807) is 7.11 Å². The third-order valence-corrected chi connectivity index (χ3v) is 2.50. The average molecular weight is 253 g/mol. The van der Waals surface area contributed by atoms with Gasteiger partial charge in [0.05, 0.1) is 25.0 Å². The summed E-state index contributed by atoms with van der Waals surface area (Å²) in [5.74, 6) is 5.57. The molecule has 1 rings (SSSR count). The standard InChI is InChI=1S/C11H19N5O2/c1-7(2)9(6-18-3)15-11(17)8-4-14-10(16-12)5-13-8/h4-5,7,9H,6,12H2,1-3H3,(H,14,16)(H,15,17). The molecule has 7 heteroatoms. The molecule has 7 nitrogen and oxygen atoms in total. The quantitative estimate of drug-likeness (QED) is 0.493. The van der Waals surface area contributed by atoms with Gasteiger partial charge in [-0.05, 0) is 5.92 Å². The number of aromatic nitrogens is 2. The number of anilines is 1. The highest BCUT2D eigenvalue weighted by molar-refractivity contribution is 5.92. The summed E-state index contributed by atoms with van der Waals surface area (Å²) in [7, 11) is 1.60. The Morgan fingerprint density at radius 1 is 1.44 bits per heavy atom. The Balaban J connectivity index is 2.67. The normalized spacial score (nSPS) is 12.3. The lowest BCUT2D eigenvalue weighted by Crippen LogP contribution is -2.42. The second kappa shape index (κ2) is 6.87. The van der Waals surface area contributed by atoms with Gasteiger partial charge in [0.2, 0.25) is 0 Å². The molecule has 0 saturated carbocycles. The van der Waals surface area contributed by atoms with Gasteiger partial charge in [-0.25, -0.2) is 15.8 Å². The summed E-state index contributed by atoms with van der Waals surface area (Å²) in [6.45, 7) is 4.48. The van der Waals surface area contributed by atoms with E-state index in [0.29, 0.717) is 12.4 Å². The van der Waals surface area contributed by atoms with Gasteiger partial charge in [-0.1, -0.05) is 13.8 Å². The predicted molar refractivity (Wildman–Crippen MR) is 67.8 cm³/mol. The van der Waals surface area contributed by atoms with Crippen molar-refractivity contribution >= 4 is 11.7 Å². The second-order valence-corrected chi connectivity index (χ2v) is 4.21. The number of hydrogen-bond donors (Lipinski definition) is 3. The first-order chi connectivity index (χ1) is 8.58. The summed E-state index contributed by atoms with van der Waals surface area (Å²) < 4.78 is 5.06. The number of rotatable bonds is 6. The van der Waals surface area contributed by atoms with Gasteiger partial charge in [-0.3, -0.25) is 4.79 Å². The van der Waals surface area contributed by atoms with Crippen LogP contribution in [0.1, 0.15) is 24.3 Å². The summed E-state index contributed by atoms with van der Waals surface area (Å²) in [6, 6.07) is -0.0587. The molecule has 4 N–H and O–H groups in total. The van der Waals surface area contributed by atoms with Gasteiger partial charge in [0.15, 0.2) is 5.82 Å². The van der Waals surface area contributed by atoms with Crippen LogP contribution in [0.2, 0.25) is 0 Å². The van der Waals surface area contributed by atoms with Crippen LogP contribution >= 0.6 is 0 Å². The molecule has 0 aromatic carbocycles. The highest BCUT2D eigenvalue weighted by Crippen LogP contribution is 2.04. The Kier molecular flexibility index (Phi) is 5.47. The minimum Gasteiger partial charge on any atom is -0.383 e. The van der Waals surface area contributed by atoms with Crippen molar-refractivity contribution in [3.63, 3.8) is 0 Å². The van der Waals surface area contributed by atoms with Gasteiger partial charge in [0.1, 0.15) is 5.69 Å². The molecular formula is C11H19N5O2.